The van der Waals surface area contributed by atoms with Crippen LogP contribution >= 0.6 is 0 Å². The molecule has 2 bridgehead atoms. The molecule has 3 rings (SSSR count). The van der Waals surface area contributed by atoms with Gasteiger partial charge in [-0.2, -0.15) is 0 Å². The van der Waals surface area contributed by atoms with E-state index in [2.05, 4.69) is 23.3 Å². The van der Waals surface area contributed by atoms with Crippen LogP contribution in [0.5, 0.6) is 0 Å². The Morgan fingerprint density at radius 1 is 1.21 bits per heavy atom. The first-order valence-corrected chi connectivity index (χ1v) is 7.40. The van der Waals surface area contributed by atoms with Crippen molar-refractivity contribution in [3.8, 4) is 0 Å². The molecular formula is C16H24N2O. The highest BCUT2D eigenvalue weighted by Crippen LogP contribution is 2.36. The number of hydrogen-bond acceptors (Lipinski definition) is 3. The van der Waals surface area contributed by atoms with Crippen molar-refractivity contribution in [1.29, 1.82) is 0 Å². The number of hydrogen-bond donors (Lipinski definition) is 2. The van der Waals surface area contributed by atoms with E-state index in [4.69, 9.17) is 0 Å². The second kappa shape index (κ2) is 5.14. The fourth-order valence-corrected chi connectivity index (χ4v) is 3.74. The lowest BCUT2D eigenvalue weighted by Crippen LogP contribution is -2.44. The molecule has 2 aliphatic rings. The Morgan fingerprint density at radius 2 is 1.84 bits per heavy atom. The number of para-hydroxylation sites is 1. The SMILES string of the molecule is CC(O)c1ccccc1NC1CC2CCC(C1)N2C. The maximum atomic E-state index is 9.84. The van der Waals surface area contributed by atoms with Gasteiger partial charge < -0.3 is 15.3 Å². The third-order valence-electron chi connectivity index (χ3n) is 4.87. The van der Waals surface area contributed by atoms with Gasteiger partial charge in [-0.05, 0) is 45.7 Å². The van der Waals surface area contributed by atoms with Crippen LogP contribution in [0.15, 0.2) is 24.3 Å². The first-order valence-electron chi connectivity index (χ1n) is 7.40. The molecule has 1 aromatic rings. The van der Waals surface area contributed by atoms with E-state index in [-0.39, 0.29) is 0 Å². The minimum Gasteiger partial charge on any atom is -0.389 e. The second-order valence-electron chi connectivity index (χ2n) is 6.13. The van der Waals surface area contributed by atoms with Crippen LogP contribution in [0.4, 0.5) is 5.69 Å². The normalized spacial score (nSPS) is 32.3. The molecule has 0 spiro atoms. The Hall–Kier alpha value is -1.06. The summed E-state index contributed by atoms with van der Waals surface area (Å²) in [6, 6.07) is 10.2. The van der Waals surface area contributed by atoms with E-state index in [9.17, 15) is 5.11 Å². The summed E-state index contributed by atoms with van der Waals surface area (Å²) in [5, 5.41) is 13.5. The fraction of sp³-hybridized carbons (Fsp3) is 0.625. The van der Waals surface area contributed by atoms with E-state index in [0.29, 0.717) is 6.04 Å². The Balaban J connectivity index is 1.73. The van der Waals surface area contributed by atoms with Gasteiger partial charge >= 0.3 is 0 Å². The molecule has 0 saturated carbocycles. The smallest absolute Gasteiger partial charge is 0.0781 e. The van der Waals surface area contributed by atoms with E-state index < -0.39 is 6.10 Å². The van der Waals surface area contributed by atoms with E-state index in [0.717, 1.165) is 23.3 Å². The minimum atomic E-state index is -0.410. The molecule has 104 valence electrons. The van der Waals surface area contributed by atoms with Crippen LogP contribution in [0.1, 0.15) is 44.3 Å². The van der Waals surface area contributed by atoms with E-state index in [1.807, 2.05) is 25.1 Å². The van der Waals surface area contributed by atoms with Gasteiger partial charge in [0.2, 0.25) is 0 Å². The van der Waals surface area contributed by atoms with Gasteiger partial charge in [0.25, 0.3) is 0 Å². The van der Waals surface area contributed by atoms with Crippen molar-refractivity contribution < 1.29 is 5.11 Å². The lowest BCUT2D eigenvalue weighted by atomic mass is 9.97. The molecule has 3 nitrogen and oxygen atoms in total. The second-order valence-corrected chi connectivity index (χ2v) is 6.13. The summed E-state index contributed by atoms with van der Waals surface area (Å²) >= 11 is 0. The molecule has 0 amide bonds. The average Bonchev–Trinajstić information content (AvgIpc) is 2.63. The highest BCUT2D eigenvalue weighted by Gasteiger charge is 2.38. The number of aliphatic hydroxyl groups is 1. The maximum absolute atomic E-state index is 9.84. The Bertz CT molecular complexity index is 432. The standard InChI is InChI=1S/C16H24N2O/c1-11(19)15-5-3-4-6-16(15)17-12-9-13-7-8-14(10-12)18(13)2/h3-6,11-14,17,19H,7-10H2,1-2H3. The van der Waals surface area contributed by atoms with Crippen molar-refractivity contribution in [3.05, 3.63) is 29.8 Å². The number of fused-ring (bicyclic) bond motifs is 2. The predicted molar refractivity (Wildman–Crippen MR) is 78.3 cm³/mol. The topological polar surface area (TPSA) is 35.5 Å². The van der Waals surface area contributed by atoms with Crippen molar-refractivity contribution in [2.45, 2.75) is 56.8 Å². The van der Waals surface area contributed by atoms with Crippen LogP contribution < -0.4 is 5.32 Å². The molecule has 2 saturated heterocycles. The fourth-order valence-electron chi connectivity index (χ4n) is 3.74. The lowest BCUT2D eigenvalue weighted by Gasteiger charge is -2.37. The summed E-state index contributed by atoms with van der Waals surface area (Å²) in [4.78, 5) is 2.55. The van der Waals surface area contributed by atoms with Gasteiger partial charge in [-0.15, -0.1) is 0 Å². The van der Waals surface area contributed by atoms with Crippen molar-refractivity contribution in [2.24, 2.45) is 0 Å². The van der Waals surface area contributed by atoms with Crippen molar-refractivity contribution in [2.75, 3.05) is 12.4 Å². The van der Waals surface area contributed by atoms with E-state index in [1.165, 1.54) is 25.7 Å². The molecule has 2 fully saturated rings. The molecule has 2 heterocycles. The van der Waals surface area contributed by atoms with Gasteiger partial charge in [-0.1, -0.05) is 18.2 Å². The van der Waals surface area contributed by atoms with Crippen LogP contribution in [-0.4, -0.2) is 35.2 Å². The van der Waals surface area contributed by atoms with Gasteiger partial charge in [-0.3, -0.25) is 0 Å². The summed E-state index contributed by atoms with van der Waals surface area (Å²) in [6.07, 6.45) is 4.73. The number of benzene rings is 1. The van der Waals surface area contributed by atoms with E-state index in [1.54, 1.807) is 0 Å². The van der Waals surface area contributed by atoms with Crippen LogP contribution in [0.25, 0.3) is 0 Å². The molecule has 19 heavy (non-hydrogen) atoms. The highest BCUT2D eigenvalue weighted by atomic mass is 16.3. The van der Waals surface area contributed by atoms with Gasteiger partial charge in [0.1, 0.15) is 0 Å². The Morgan fingerprint density at radius 3 is 2.47 bits per heavy atom. The zero-order valence-corrected chi connectivity index (χ0v) is 11.8. The zero-order valence-electron chi connectivity index (χ0n) is 11.8. The van der Waals surface area contributed by atoms with Gasteiger partial charge in [0, 0.05) is 29.4 Å². The largest absolute Gasteiger partial charge is 0.389 e. The molecular weight excluding hydrogens is 236 g/mol. The first-order chi connectivity index (χ1) is 9.15. The lowest BCUT2D eigenvalue weighted by molar-refractivity contribution is 0.168. The van der Waals surface area contributed by atoms with Gasteiger partial charge in [0.05, 0.1) is 6.10 Å². The number of nitrogens with one attached hydrogen (secondary N) is 1. The highest BCUT2D eigenvalue weighted by molar-refractivity contribution is 5.52. The third-order valence-corrected chi connectivity index (χ3v) is 4.87. The first kappa shape index (κ1) is 12.9. The molecule has 1 aromatic carbocycles. The van der Waals surface area contributed by atoms with E-state index >= 15 is 0 Å². The number of rotatable bonds is 3. The summed E-state index contributed by atoms with van der Waals surface area (Å²) in [7, 11) is 2.27. The van der Waals surface area contributed by atoms with Crippen LogP contribution in [0, 0.1) is 0 Å². The predicted octanol–water partition coefficient (Wildman–Crippen LogP) is 2.78. The molecule has 2 aliphatic heterocycles. The van der Waals surface area contributed by atoms with Gasteiger partial charge in [0.15, 0.2) is 0 Å². The minimum absolute atomic E-state index is 0.410. The van der Waals surface area contributed by atoms with Crippen molar-refractivity contribution in [1.82, 2.24) is 4.90 Å². The summed E-state index contributed by atoms with van der Waals surface area (Å²) in [5.74, 6) is 0. The number of aliphatic hydroxyl groups excluding tert-OH is 1. The maximum Gasteiger partial charge on any atom is 0.0781 e. The molecule has 0 radical (unpaired) electrons. The molecule has 2 N–H and O–H groups in total. The Labute approximate surface area is 115 Å². The summed E-state index contributed by atoms with van der Waals surface area (Å²) in [6.45, 7) is 1.83. The molecule has 3 unspecified atom stereocenters. The number of anilines is 1. The molecule has 0 aromatic heterocycles. The monoisotopic (exact) mass is 260 g/mol. The average molecular weight is 260 g/mol. The van der Waals surface area contributed by atoms with Crippen molar-refractivity contribution >= 4 is 5.69 Å². The zero-order chi connectivity index (χ0) is 13.4. The number of piperidine rings is 1. The summed E-state index contributed by atoms with van der Waals surface area (Å²) in [5.41, 5.74) is 2.11. The molecule has 3 heteroatoms. The summed E-state index contributed by atoms with van der Waals surface area (Å²) < 4.78 is 0. The quantitative estimate of drug-likeness (QED) is 0.877. The van der Waals surface area contributed by atoms with Crippen molar-refractivity contribution in [3.63, 3.8) is 0 Å². The Kier molecular flexibility index (Phi) is 3.50. The van der Waals surface area contributed by atoms with Crippen LogP contribution in [-0.2, 0) is 0 Å². The third kappa shape index (κ3) is 2.49. The molecule has 0 aliphatic carbocycles. The van der Waals surface area contributed by atoms with Crippen LogP contribution in [0.3, 0.4) is 0 Å². The van der Waals surface area contributed by atoms with Crippen LogP contribution in [0.2, 0.25) is 0 Å². The van der Waals surface area contributed by atoms with Gasteiger partial charge in [-0.25, -0.2) is 0 Å². The number of nitrogens with zero attached hydrogens (tertiary/aromatic N) is 1. The molecule has 3 atom stereocenters.